The molecular formula is C30H28N2O4. The third-order valence-electron chi connectivity index (χ3n) is 6.63. The van der Waals surface area contributed by atoms with Crippen molar-refractivity contribution >= 4 is 34.6 Å². The van der Waals surface area contributed by atoms with Gasteiger partial charge in [-0.25, -0.2) is 4.79 Å². The van der Waals surface area contributed by atoms with Crippen LogP contribution in [0.4, 0.5) is 5.69 Å². The van der Waals surface area contributed by atoms with Crippen LogP contribution in [-0.2, 0) is 16.1 Å². The molecule has 1 aliphatic carbocycles. The minimum atomic E-state index is -1.04. The molecule has 5 rings (SSSR count). The first-order valence-corrected chi connectivity index (χ1v) is 12.2. The van der Waals surface area contributed by atoms with Crippen molar-refractivity contribution in [2.75, 3.05) is 4.90 Å². The zero-order valence-corrected chi connectivity index (χ0v) is 19.8. The molecule has 1 N–H and O–H groups in total. The molecule has 0 aliphatic heterocycles. The van der Waals surface area contributed by atoms with E-state index in [9.17, 15) is 9.59 Å². The molecule has 1 heterocycles. The Balaban J connectivity index is 1.46. The SMILES string of the molecule is [2H]C(c1ccc(-c2ccc3oncc3c2)cc1)N(C(=O)C1CCCCC1)c1cccc(/C=C/C(=O)O)c1. The van der Waals surface area contributed by atoms with E-state index in [2.05, 4.69) is 5.16 Å². The Morgan fingerprint density at radius 2 is 1.81 bits per heavy atom. The maximum absolute atomic E-state index is 13.8. The highest BCUT2D eigenvalue weighted by Gasteiger charge is 2.27. The minimum Gasteiger partial charge on any atom is -0.478 e. The van der Waals surface area contributed by atoms with E-state index in [4.69, 9.17) is 11.0 Å². The van der Waals surface area contributed by atoms with Gasteiger partial charge in [0.1, 0.15) is 0 Å². The van der Waals surface area contributed by atoms with E-state index in [0.717, 1.165) is 60.3 Å². The first kappa shape index (κ1) is 22.3. The third kappa shape index (κ3) is 5.38. The smallest absolute Gasteiger partial charge is 0.328 e. The van der Waals surface area contributed by atoms with Crippen LogP contribution in [0.25, 0.3) is 28.2 Å². The summed E-state index contributed by atoms with van der Waals surface area (Å²) in [4.78, 5) is 26.3. The molecule has 3 aromatic carbocycles. The lowest BCUT2D eigenvalue weighted by Crippen LogP contribution is -2.36. The molecule has 1 fully saturated rings. The maximum atomic E-state index is 13.8. The monoisotopic (exact) mass is 481 g/mol. The summed E-state index contributed by atoms with van der Waals surface area (Å²) in [5, 5.41) is 13.8. The van der Waals surface area contributed by atoms with Crippen LogP contribution in [0.15, 0.2) is 83.5 Å². The topological polar surface area (TPSA) is 83.6 Å². The van der Waals surface area contributed by atoms with E-state index in [-0.39, 0.29) is 11.8 Å². The molecule has 1 aliphatic rings. The van der Waals surface area contributed by atoms with E-state index in [1.807, 2.05) is 48.5 Å². The van der Waals surface area contributed by atoms with Gasteiger partial charge in [-0.2, -0.15) is 0 Å². The predicted octanol–water partition coefficient (Wildman–Crippen LogP) is 6.71. The Hall–Kier alpha value is -4.19. The summed E-state index contributed by atoms with van der Waals surface area (Å²) in [6.45, 7) is -0.942. The van der Waals surface area contributed by atoms with Gasteiger partial charge >= 0.3 is 5.97 Å². The molecule has 1 amide bonds. The van der Waals surface area contributed by atoms with E-state index >= 15 is 0 Å². The summed E-state index contributed by atoms with van der Waals surface area (Å²) in [6.07, 6.45) is 9.05. The summed E-state index contributed by atoms with van der Waals surface area (Å²) in [5.74, 6) is -1.21. The highest BCUT2D eigenvalue weighted by molar-refractivity contribution is 5.95. The van der Waals surface area contributed by atoms with Gasteiger partial charge in [-0.1, -0.05) is 66.9 Å². The second kappa shape index (κ2) is 10.6. The highest BCUT2D eigenvalue weighted by atomic mass is 16.5. The number of carboxylic acids is 1. The number of amides is 1. The van der Waals surface area contributed by atoms with E-state index < -0.39 is 12.5 Å². The van der Waals surface area contributed by atoms with Crippen molar-refractivity contribution in [1.29, 1.82) is 0 Å². The number of carbonyl (C=O) groups excluding carboxylic acids is 1. The third-order valence-corrected chi connectivity index (χ3v) is 6.63. The Morgan fingerprint density at radius 3 is 2.58 bits per heavy atom. The van der Waals surface area contributed by atoms with Gasteiger partial charge in [0.2, 0.25) is 5.91 Å². The Kier molecular flexibility index (Phi) is 6.56. The average molecular weight is 482 g/mol. The van der Waals surface area contributed by atoms with Crippen LogP contribution in [-0.4, -0.2) is 22.1 Å². The number of carbonyl (C=O) groups is 2. The molecule has 0 saturated heterocycles. The molecule has 1 atom stereocenters. The van der Waals surface area contributed by atoms with Gasteiger partial charge in [0, 0.05) is 23.1 Å². The average Bonchev–Trinajstić information content (AvgIpc) is 3.41. The zero-order valence-electron chi connectivity index (χ0n) is 20.8. The summed E-state index contributed by atoms with van der Waals surface area (Å²) in [6, 6.07) is 20.7. The highest BCUT2D eigenvalue weighted by Crippen LogP contribution is 2.30. The van der Waals surface area contributed by atoms with Crippen molar-refractivity contribution in [2.24, 2.45) is 5.92 Å². The summed E-state index contributed by atoms with van der Waals surface area (Å²) < 4.78 is 14.3. The van der Waals surface area contributed by atoms with Crippen molar-refractivity contribution in [3.05, 3.63) is 90.1 Å². The first-order valence-electron chi connectivity index (χ1n) is 12.8. The number of hydrogen-bond donors (Lipinski definition) is 1. The normalized spacial score (nSPS) is 15.6. The van der Waals surface area contributed by atoms with Crippen LogP contribution in [0.3, 0.4) is 0 Å². The van der Waals surface area contributed by atoms with Crippen molar-refractivity contribution in [3.8, 4) is 11.1 Å². The number of carboxylic acid groups (broad SMARTS) is 1. The Bertz CT molecular complexity index is 1440. The van der Waals surface area contributed by atoms with Crippen molar-refractivity contribution < 1.29 is 20.6 Å². The van der Waals surface area contributed by atoms with E-state index in [1.54, 1.807) is 29.3 Å². The van der Waals surface area contributed by atoms with Gasteiger partial charge in [0.25, 0.3) is 0 Å². The van der Waals surface area contributed by atoms with Crippen molar-refractivity contribution in [2.45, 2.75) is 38.6 Å². The van der Waals surface area contributed by atoms with Crippen LogP contribution in [0, 0.1) is 5.92 Å². The summed E-state index contributed by atoms with van der Waals surface area (Å²) in [7, 11) is 0. The fraction of sp³-hybridized carbons (Fsp3) is 0.233. The molecule has 0 radical (unpaired) electrons. The second-order valence-electron chi connectivity index (χ2n) is 9.14. The zero-order chi connectivity index (χ0) is 25.8. The lowest BCUT2D eigenvalue weighted by molar-refractivity contribution is -0.131. The van der Waals surface area contributed by atoms with Crippen molar-refractivity contribution in [1.82, 2.24) is 5.16 Å². The molecule has 36 heavy (non-hydrogen) atoms. The number of nitrogens with zero attached hydrogens (tertiary/aromatic N) is 2. The Morgan fingerprint density at radius 1 is 1.03 bits per heavy atom. The molecule has 182 valence electrons. The molecule has 4 aromatic rings. The van der Waals surface area contributed by atoms with Gasteiger partial charge in [-0.15, -0.1) is 0 Å². The minimum absolute atomic E-state index is 0.0546. The number of rotatable bonds is 7. The van der Waals surface area contributed by atoms with Gasteiger partial charge < -0.3 is 14.5 Å². The van der Waals surface area contributed by atoms with Crippen molar-refractivity contribution in [3.63, 3.8) is 0 Å². The molecule has 0 spiro atoms. The van der Waals surface area contributed by atoms with Crippen LogP contribution in [0.2, 0.25) is 0 Å². The van der Waals surface area contributed by atoms with Crippen LogP contribution in [0.1, 0.15) is 44.6 Å². The maximum Gasteiger partial charge on any atom is 0.328 e. The second-order valence-corrected chi connectivity index (χ2v) is 9.14. The number of benzene rings is 3. The van der Waals surface area contributed by atoms with Crippen LogP contribution >= 0.6 is 0 Å². The molecule has 1 aromatic heterocycles. The summed E-state index contributed by atoms with van der Waals surface area (Å²) in [5.41, 5.74) is 4.68. The van der Waals surface area contributed by atoms with E-state index in [0.29, 0.717) is 16.8 Å². The predicted molar refractivity (Wildman–Crippen MR) is 140 cm³/mol. The lowest BCUT2D eigenvalue weighted by atomic mass is 9.88. The van der Waals surface area contributed by atoms with Gasteiger partial charge in [-0.3, -0.25) is 4.79 Å². The molecule has 6 heteroatoms. The molecule has 0 bridgehead atoms. The van der Waals surface area contributed by atoms with Gasteiger partial charge in [-0.05, 0) is 65.4 Å². The fourth-order valence-corrected chi connectivity index (χ4v) is 4.72. The number of anilines is 1. The summed E-state index contributed by atoms with van der Waals surface area (Å²) >= 11 is 0. The molecule has 1 saturated carbocycles. The van der Waals surface area contributed by atoms with Crippen LogP contribution in [0.5, 0.6) is 0 Å². The number of hydrogen-bond acceptors (Lipinski definition) is 4. The Labute approximate surface area is 211 Å². The van der Waals surface area contributed by atoms with E-state index in [1.165, 1.54) is 6.08 Å². The number of fused-ring (bicyclic) bond motifs is 1. The molecular weight excluding hydrogens is 452 g/mol. The lowest BCUT2D eigenvalue weighted by Gasteiger charge is -2.30. The molecule has 6 nitrogen and oxygen atoms in total. The first-order chi connectivity index (χ1) is 18.0. The largest absolute Gasteiger partial charge is 0.478 e. The van der Waals surface area contributed by atoms with Gasteiger partial charge in [0.05, 0.1) is 14.1 Å². The standard InChI is InChI=1S/C30H28N2O4/c33-29(34)16-11-21-5-4-8-27(17-21)32(30(35)24-6-2-1-3-7-24)20-22-9-12-23(13-10-22)25-14-15-28-26(18-25)19-31-36-28/h4-5,8-19,24H,1-3,6-7,20H2,(H,33,34)/b16-11+/i20D. The van der Waals surface area contributed by atoms with Crippen LogP contribution < -0.4 is 4.90 Å². The quantitative estimate of drug-likeness (QED) is 0.297. The fourth-order valence-electron chi connectivity index (χ4n) is 4.72. The number of aromatic nitrogens is 1. The van der Waals surface area contributed by atoms with Gasteiger partial charge in [0.15, 0.2) is 5.58 Å². The number of aliphatic carboxylic acids is 1. The molecule has 1 unspecified atom stereocenters.